The van der Waals surface area contributed by atoms with Crippen LogP contribution in [0.3, 0.4) is 0 Å². The quantitative estimate of drug-likeness (QED) is 0.784. The average molecular weight is 318 g/mol. The monoisotopic (exact) mass is 318 g/mol. The molecule has 1 fully saturated rings. The third kappa shape index (κ3) is 2.70. The first kappa shape index (κ1) is 14.9. The SMILES string of the molecule is O=C(O)C1CC(Oc2nccc3c(O)cccc23)CN1C(=O)O. The molecule has 1 aliphatic heterocycles. The van der Waals surface area contributed by atoms with Crippen LogP contribution in [0.5, 0.6) is 11.6 Å². The van der Waals surface area contributed by atoms with E-state index in [1.54, 1.807) is 18.2 Å². The molecule has 0 aliphatic carbocycles. The molecular weight excluding hydrogens is 304 g/mol. The highest BCUT2D eigenvalue weighted by Gasteiger charge is 2.41. The number of aromatic hydroxyl groups is 1. The fourth-order valence-electron chi connectivity index (χ4n) is 2.74. The van der Waals surface area contributed by atoms with Crippen molar-refractivity contribution >= 4 is 22.8 Å². The zero-order chi connectivity index (χ0) is 16.6. The number of carboxylic acids is 1. The van der Waals surface area contributed by atoms with Gasteiger partial charge < -0.3 is 20.1 Å². The number of rotatable bonds is 3. The van der Waals surface area contributed by atoms with Crippen LogP contribution in [0.25, 0.3) is 10.8 Å². The number of hydrogen-bond donors (Lipinski definition) is 3. The van der Waals surface area contributed by atoms with E-state index in [2.05, 4.69) is 4.98 Å². The molecule has 2 atom stereocenters. The molecule has 2 heterocycles. The Labute approximate surface area is 130 Å². The standard InChI is InChI=1S/C15H14N2O6/c18-12-3-1-2-10-9(12)4-5-16-13(10)23-8-6-11(14(19)20)17(7-8)15(21)22/h1-5,8,11,18H,6-7H2,(H,19,20)(H,21,22). The molecule has 1 amide bonds. The van der Waals surface area contributed by atoms with Gasteiger partial charge in [0.25, 0.3) is 0 Å². The maximum absolute atomic E-state index is 11.2. The fourth-order valence-corrected chi connectivity index (χ4v) is 2.74. The maximum atomic E-state index is 11.2. The first-order chi connectivity index (χ1) is 11.0. The zero-order valence-electron chi connectivity index (χ0n) is 11.9. The van der Waals surface area contributed by atoms with Gasteiger partial charge >= 0.3 is 12.1 Å². The molecule has 0 bridgehead atoms. The predicted octanol–water partition coefficient (Wildman–Crippen LogP) is 1.52. The van der Waals surface area contributed by atoms with Crippen LogP contribution in [0.1, 0.15) is 6.42 Å². The van der Waals surface area contributed by atoms with Gasteiger partial charge in [-0.1, -0.05) is 6.07 Å². The second-order valence-corrected chi connectivity index (χ2v) is 5.25. The highest BCUT2D eigenvalue weighted by Crippen LogP contribution is 2.31. The molecule has 23 heavy (non-hydrogen) atoms. The number of benzene rings is 1. The summed E-state index contributed by atoms with van der Waals surface area (Å²) in [5, 5.41) is 29.2. The average Bonchev–Trinajstić information content (AvgIpc) is 2.93. The summed E-state index contributed by atoms with van der Waals surface area (Å²) in [4.78, 5) is 27.2. The first-order valence-electron chi connectivity index (χ1n) is 6.93. The van der Waals surface area contributed by atoms with Crippen LogP contribution in [-0.4, -0.2) is 56.0 Å². The Morgan fingerprint density at radius 1 is 1.22 bits per heavy atom. The molecule has 3 rings (SSSR count). The summed E-state index contributed by atoms with van der Waals surface area (Å²) in [5.74, 6) is -0.890. The number of likely N-dealkylation sites (tertiary alicyclic amines) is 1. The van der Waals surface area contributed by atoms with Gasteiger partial charge in [0.2, 0.25) is 5.88 Å². The predicted molar refractivity (Wildman–Crippen MR) is 78.6 cm³/mol. The summed E-state index contributed by atoms with van der Waals surface area (Å²) in [6, 6.07) is 5.39. The Balaban J connectivity index is 1.87. The number of fused-ring (bicyclic) bond motifs is 1. The highest BCUT2D eigenvalue weighted by molar-refractivity contribution is 5.91. The van der Waals surface area contributed by atoms with Crippen molar-refractivity contribution < 1.29 is 29.6 Å². The van der Waals surface area contributed by atoms with E-state index in [-0.39, 0.29) is 24.6 Å². The topological polar surface area (TPSA) is 120 Å². The van der Waals surface area contributed by atoms with Crippen molar-refractivity contribution in [2.75, 3.05) is 6.54 Å². The van der Waals surface area contributed by atoms with E-state index in [0.717, 1.165) is 4.90 Å². The molecule has 3 N–H and O–H groups in total. The summed E-state index contributed by atoms with van der Waals surface area (Å²) in [7, 11) is 0. The van der Waals surface area contributed by atoms with Crippen LogP contribution < -0.4 is 4.74 Å². The van der Waals surface area contributed by atoms with Crippen molar-refractivity contribution in [3.05, 3.63) is 30.5 Å². The van der Waals surface area contributed by atoms with E-state index in [0.29, 0.717) is 10.8 Å². The lowest BCUT2D eigenvalue weighted by Crippen LogP contribution is -2.39. The number of aliphatic carboxylic acids is 1. The molecule has 8 heteroatoms. The number of hydrogen-bond acceptors (Lipinski definition) is 5. The van der Waals surface area contributed by atoms with Crippen LogP contribution in [0, 0.1) is 0 Å². The summed E-state index contributed by atoms with van der Waals surface area (Å²) in [6.45, 7) is -0.0524. The molecule has 2 unspecified atom stereocenters. The molecule has 0 saturated carbocycles. The van der Waals surface area contributed by atoms with Crippen molar-refractivity contribution in [2.24, 2.45) is 0 Å². The third-order valence-electron chi connectivity index (χ3n) is 3.82. The highest BCUT2D eigenvalue weighted by atomic mass is 16.5. The minimum absolute atomic E-state index is 0.0402. The van der Waals surface area contributed by atoms with Crippen LogP contribution in [0.4, 0.5) is 4.79 Å². The lowest BCUT2D eigenvalue weighted by atomic mass is 10.1. The van der Waals surface area contributed by atoms with E-state index in [9.17, 15) is 14.7 Å². The second kappa shape index (κ2) is 5.64. The third-order valence-corrected chi connectivity index (χ3v) is 3.82. The van der Waals surface area contributed by atoms with Crippen molar-refractivity contribution in [1.82, 2.24) is 9.88 Å². The van der Waals surface area contributed by atoms with E-state index < -0.39 is 24.2 Å². The van der Waals surface area contributed by atoms with Gasteiger partial charge in [0, 0.05) is 23.4 Å². The number of amides is 1. The van der Waals surface area contributed by atoms with Gasteiger partial charge in [-0.05, 0) is 18.2 Å². The van der Waals surface area contributed by atoms with E-state index in [4.69, 9.17) is 14.9 Å². The summed E-state index contributed by atoms with van der Waals surface area (Å²) < 4.78 is 5.71. The minimum Gasteiger partial charge on any atom is -0.507 e. The summed E-state index contributed by atoms with van der Waals surface area (Å²) in [6.07, 6.45) is -0.409. The lowest BCUT2D eigenvalue weighted by molar-refractivity contribution is -0.141. The number of phenolic OH excluding ortho intramolecular Hbond substituents is 1. The van der Waals surface area contributed by atoms with Crippen LogP contribution in [0.15, 0.2) is 30.5 Å². The number of pyridine rings is 1. The van der Waals surface area contributed by atoms with E-state index in [1.165, 1.54) is 12.3 Å². The molecule has 1 aromatic carbocycles. The molecule has 0 radical (unpaired) electrons. The number of nitrogens with zero attached hydrogens (tertiary/aromatic N) is 2. The van der Waals surface area contributed by atoms with Crippen LogP contribution >= 0.6 is 0 Å². The number of phenols is 1. The Morgan fingerprint density at radius 3 is 2.65 bits per heavy atom. The van der Waals surface area contributed by atoms with Crippen LogP contribution in [0.2, 0.25) is 0 Å². The molecule has 8 nitrogen and oxygen atoms in total. The van der Waals surface area contributed by atoms with Crippen molar-refractivity contribution in [1.29, 1.82) is 0 Å². The van der Waals surface area contributed by atoms with Gasteiger partial charge in [-0.3, -0.25) is 4.90 Å². The Kier molecular flexibility index (Phi) is 3.65. The molecule has 1 saturated heterocycles. The van der Waals surface area contributed by atoms with Gasteiger partial charge in [-0.15, -0.1) is 0 Å². The maximum Gasteiger partial charge on any atom is 0.408 e. The fraction of sp³-hybridized carbons (Fsp3) is 0.267. The molecule has 120 valence electrons. The van der Waals surface area contributed by atoms with Gasteiger partial charge in [0.1, 0.15) is 17.9 Å². The number of ether oxygens (including phenoxy) is 1. The molecule has 1 aromatic heterocycles. The lowest BCUT2D eigenvalue weighted by Gasteiger charge is -2.16. The Bertz CT molecular complexity index is 756. The number of carboxylic acid groups (broad SMARTS) is 2. The summed E-state index contributed by atoms with van der Waals surface area (Å²) in [5.41, 5.74) is 0. The molecule has 2 aromatic rings. The van der Waals surface area contributed by atoms with Gasteiger partial charge in [0.05, 0.1) is 6.54 Å². The van der Waals surface area contributed by atoms with E-state index >= 15 is 0 Å². The normalized spacial score (nSPS) is 20.6. The van der Waals surface area contributed by atoms with Crippen LogP contribution in [-0.2, 0) is 4.79 Å². The number of carbonyl (C=O) groups is 2. The number of aromatic nitrogens is 1. The minimum atomic E-state index is -1.30. The smallest absolute Gasteiger partial charge is 0.408 e. The molecule has 1 aliphatic rings. The molecule has 0 spiro atoms. The van der Waals surface area contributed by atoms with Crippen molar-refractivity contribution in [3.8, 4) is 11.6 Å². The van der Waals surface area contributed by atoms with Crippen molar-refractivity contribution in [3.63, 3.8) is 0 Å². The Morgan fingerprint density at radius 2 is 2.00 bits per heavy atom. The van der Waals surface area contributed by atoms with Gasteiger partial charge in [-0.2, -0.15) is 0 Å². The Hall–Kier alpha value is -3.03. The molecular formula is C15H14N2O6. The zero-order valence-corrected chi connectivity index (χ0v) is 11.9. The van der Waals surface area contributed by atoms with Gasteiger partial charge in [0.15, 0.2) is 0 Å². The van der Waals surface area contributed by atoms with E-state index in [1.807, 2.05) is 0 Å². The summed E-state index contributed by atoms with van der Waals surface area (Å²) >= 11 is 0. The largest absolute Gasteiger partial charge is 0.507 e. The second-order valence-electron chi connectivity index (χ2n) is 5.25. The van der Waals surface area contributed by atoms with Crippen molar-refractivity contribution in [2.45, 2.75) is 18.6 Å². The first-order valence-corrected chi connectivity index (χ1v) is 6.93. The van der Waals surface area contributed by atoms with Gasteiger partial charge in [-0.25, -0.2) is 14.6 Å².